The monoisotopic (exact) mass is 282 g/mol. The van der Waals surface area contributed by atoms with Gasteiger partial charge in [0.15, 0.2) is 0 Å². The van der Waals surface area contributed by atoms with Gasteiger partial charge in [0.25, 0.3) is 0 Å². The highest BCUT2D eigenvalue weighted by Gasteiger charge is 2.26. The van der Waals surface area contributed by atoms with E-state index in [4.69, 9.17) is 0 Å². The van der Waals surface area contributed by atoms with E-state index in [1.165, 1.54) is 70.6 Å². The maximum Gasteiger partial charge on any atom is -0.0183 e. The van der Waals surface area contributed by atoms with Gasteiger partial charge in [-0.25, -0.2) is 0 Å². The van der Waals surface area contributed by atoms with Crippen LogP contribution in [0.15, 0.2) is 0 Å². The normalized spacial score (nSPS) is 33.3. The summed E-state index contributed by atoms with van der Waals surface area (Å²) in [5.74, 6) is 1.10. The Labute approximate surface area is 122 Å². The third kappa shape index (κ3) is 5.74. The van der Waals surface area contributed by atoms with Crippen molar-refractivity contribution in [2.75, 3.05) is 12.8 Å². The van der Waals surface area contributed by atoms with Crippen LogP contribution in [0.3, 0.4) is 0 Å². The van der Waals surface area contributed by atoms with Gasteiger partial charge in [-0.3, -0.25) is 0 Å². The molecule has 1 aliphatic heterocycles. The molecule has 0 amide bonds. The molecule has 0 aromatic heterocycles. The summed E-state index contributed by atoms with van der Waals surface area (Å²) in [7, 11) is 0.332. The molecule has 1 aliphatic carbocycles. The SMILES string of the molecule is CP1CCCCCCCC1C1CCCCCCCC1. The van der Waals surface area contributed by atoms with E-state index in [-0.39, 0.29) is 0 Å². The molecule has 2 fully saturated rings. The molecule has 2 aliphatic rings. The fraction of sp³-hybridized carbons (Fsp3) is 1.00. The Morgan fingerprint density at radius 1 is 0.579 bits per heavy atom. The van der Waals surface area contributed by atoms with E-state index in [1.54, 1.807) is 25.4 Å². The lowest BCUT2D eigenvalue weighted by Gasteiger charge is -2.32. The van der Waals surface area contributed by atoms with Crippen LogP contribution in [-0.4, -0.2) is 18.5 Å². The van der Waals surface area contributed by atoms with Crippen molar-refractivity contribution in [3.63, 3.8) is 0 Å². The lowest BCUT2D eigenvalue weighted by molar-refractivity contribution is 0.391. The molecule has 2 unspecified atom stereocenters. The third-order valence-corrected chi connectivity index (χ3v) is 8.35. The standard InChI is InChI=1S/C18H35P/c1-19-16-12-8-4-7-11-15-18(19)17-13-9-5-2-3-6-10-14-17/h17-18H,2-16H2,1H3. The average Bonchev–Trinajstić information content (AvgIpc) is 2.60. The van der Waals surface area contributed by atoms with Crippen LogP contribution in [0.1, 0.15) is 89.9 Å². The van der Waals surface area contributed by atoms with Gasteiger partial charge in [0.05, 0.1) is 0 Å². The molecule has 2 atom stereocenters. The quantitative estimate of drug-likeness (QED) is 0.477. The molecule has 0 nitrogen and oxygen atoms in total. The highest BCUT2D eigenvalue weighted by Crippen LogP contribution is 2.48. The first kappa shape index (κ1) is 15.8. The van der Waals surface area contributed by atoms with E-state index in [0.29, 0.717) is 7.92 Å². The zero-order valence-electron chi connectivity index (χ0n) is 13.2. The molecular formula is C18H35P. The van der Waals surface area contributed by atoms with Crippen molar-refractivity contribution in [1.82, 2.24) is 0 Å². The second-order valence-corrected chi connectivity index (χ2v) is 9.69. The Morgan fingerprint density at radius 3 is 1.68 bits per heavy atom. The summed E-state index contributed by atoms with van der Waals surface area (Å²) in [6, 6.07) is 0. The third-order valence-electron chi connectivity index (χ3n) is 5.52. The first-order valence-electron chi connectivity index (χ1n) is 9.08. The minimum Gasteiger partial charge on any atom is -0.106 e. The van der Waals surface area contributed by atoms with Crippen molar-refractivity contribution in [2.24, 2.45) is 5.92 Å². The summed E-state index contributed by atoms with van der Waals surface area (Å²) in [6.07, 6.45) is 23.0. The molecule has 19 heavy (non-hydrogen) atoms. The molecule has 0 aromatic rings. The Hall–Kier alpha value is 0.430. The predicted molar refractivity (Wildman–Crippen MR) is 89.6 cm³/mol. The first-order chi connectivity index (χ1) is 9.38. The predicted octanol–water partition coefficient (Wildman–Crippen LogP) is 6.57. The van der Waals surface area contributed by atoms with Gasteiger partial charge in [0, 0.05) is 0 Å². The Bertz CT molecular complexity index is 216. The molecular weight excluding hydrogens is 247 g/mol. The Balaban J connectivity index is 1.92. The molecule has 0 bridgehead atoms. The lowest BCUT2D eigenvalue weighted by Crippen LogP contribution is -2.20. The molecule has 1 heteroatoms. The lowest BCUT2D eigenvalue weighted by atomic mass is 9.90. The van der Waals surface area contributed by atoms with Crippen molar-refractivity contribution in [1.29, 1.82) is 0 Å². The molecule has 0 N–H and O–H groups in total. The van der Waals surface area contributed by atoms with Gasteiger partial charge in [-0.2, -0.15) is 0 Å². The van der Waals surface area contributed by atoms with Gasteiger partial charge in [-0.1, -0.05) is 64.2 Å². The summed E-state index contributed by atoms with van der Waals surface area (Å²) < 4.78 is 0. The number of hydrogen-bond acceptors (Lipinski definition) is 0. The summed E-state index contributed by atoms with van der Waals surface area (Å²) in [6.45, 7) is 2.64. The molecule has 2 rings (SSSR count). The molecule has 0 radical (unpaired) electrons. The largest absolute Gasteiger partial charge is 0.106 e. The van der Waals surface area contributed by atoms with Gasteiger partial charge < -0.3 is 0 Å². The maximum absolute atomic E-state index is 2.64. The number of rotatable bonds is 1. The van der Waals surface area contributed by atoms with E-state index in [0.717, 1.165) is 11.6 Å². The molecule has 0 spiro atoms. The Kier molecular flexibility index (Phi) is 7.81. The van der Waals surface area contributed by atoms with E-state index >= 15 is 0 Å². The summed E-state index contributed by atoms with van der Waals surface area (Å²) in [4.78, 5) is 0. The van der Waals surface area contributed by atoms with Crippen molar-refractivity contribution in [3.05, 3.63) is 0 Å². The van der Waals surface area contributed by atoms with E-state index in [9.17, 15) is 0 Å². The topological polar surface area (TPSA) is 0 Å². The fourth-order valence-corrected chi connectivity index (χ4v) is 6.97. The van der Waals surface area contributed by atoms with Crippen LogP contribution in [0.2, 0.25) is 0 Å². The zero-order valence-corrected chi connectivity index (χ0v) is 14.1. The minimum atomic E-state index is 0.332. The van der Waals surface area contributed by atoms with Crippen molar-refractivity contribution in [2.45, 2.75) is 95.6 Å². The van der Waals surface area contributed by atoms with Gasteiger partial charge in [-0.05, 0) is 50.1 Å². The van der Waals surface area contributed by atoms with E-state index < -0.39 is 0 Å². The number of hydrogen-bond donors (Lipinski definition) is 0. The molecule has 1 saturated carbocycles. The van der Waals surface area contributed by atoms with Gasteiger partial charge in [-0.15, -0.1) is 7.92 Å². The van der Waals surface area contributed by atoms with Crippen molar-refractivity contribution < 1.29 is 0 Å². The molecule has 1 heterocycles. The van der Waals surface area contributed by atoms with Crippen LogP contribution in [0.5, 0.6) is 0 Å². The highest BCUT2D eigenvalue weighted by molar-refractivity contribution is 7.57. The fourth-order valence-electron chi connectivity index (χ4n) is 4.28. The van der Waals surface area contributed by atoms with Crippen LogP contribution < -0.4 is 0 Å². The van der Waals surface area contributed by atoms with Crippen LogP contribution in [0, 0.1) is 5.92 Å². The van der Waals surface area contributed by atoms with Crippen LogP contribution >= 0.6 is 7.92 Å². The van der Waals surface area contributed by atoms with Gasteiger partial charge in [0.1, 0.15) is 0 Å². The van der Waals surface area contributed by atoms with E-state index in [2.05, 4.69) is 6.66 Å². The minimum absolute atomic E-state index is 0.332. The zero-order chi connectivity index (χ0) is 13.3. The maximum atomic E-state index is 2.64. The van der Waals surface area contributed by atoms with Crippen molar-refractivity contribution in [3.8, 4) is 0 Å². The summed E-state index contributed by atoms with van der Waals surface area (Å²) >= 11 is 0. The van der Waals surface area contributed by atoms with Gasteiger partial charge in [0.2, 0.25) is 0 Å². The second kappa shape index (κ2) is 9.38. The summed E-state index contributed by atoms with van der Waals surface area (Å²) in [5, 5.41) is 0. The van der Waals surface area contributed by atoms with Crippen molar-refractivity contribution >= 4 is 7.92 Å². The van der Waals surface area contributed by atoms with Crippen LogP contribution in [-0.2, 0) is 0 Å². The smallest absolute Gasteiger partial charge is 0.0183 e. The second-order valence-electron chi connectivity index (χ2n) is 7.06. The molecule has 112 valence electrons. The van der Waals surface area contributed by atoms with Crippen LogP contribution in [0.4, 0.5) is 0 Å². The highest BCUT2D eigenvalue weighted by atomic mass is 31.1. The van der Waals surface area contributed by atoms with Gasteiger partial charge >= 0.3 is 0 Å². The van der Waals surface area contributed by atoms with Crippen LogP contribution in [0.25, 0.3) is 0 Å². The first-order valence-corrected chi connectivity index (χ1v) is 11.1. The molecule has 0 aromatic carbocycles. The Morgan fingerprint density at radius 2 is 1.05 bits per heavy atom. The van der Waals surface area contributed by atoms with E-state index in [1.807, 2.05) is 0 Å². The molecule has 1 saturated heterocycles. The summed E-state index contributed by atoms with van der Waals surface area (Å²) in [5.41, 5.74) is 1.13. The average molecular weight is 282 g/mol.